The van der Waals surface area contributed by atoms with E-state index in [9.17, 15) is 9.59 Å². The summed E-state index contributed by atoms with van der Waals surface area (Å²) in [6, 6.07) is 0. The van der Waals surface area contributed by atoms with Crippen LogP contribution in [-0.2, 0) is 7.05 Å². The van der Waals surface area contributed by atoms with E-state index in [1.807, 2.05) is 6.92 Å². The molecule has 0 aliphatic carbocycles. The standard InChI is InChI=1S/C13H15N3O2/c1-6-10(8(3)17)12(9(4)18)11-7(2)15-16(5)13(11)14-6/h1-5H3. The molecule has 0 saturated heterocycles. The first-order valence-electron chi connectivity index (χ1n) is 5.70. The van der Waals surface area contributed by atoms with E-state index in [2.05, 4.69) is 10.1 Å². The van der Waals surface area contributed by atoms with E-state index in [1.165, 1.54) is 13.8 Å². The number of carbonyl (C=O) groups is 2. The van der Waals surface area contributed by atoms with Crippen molar-refractivity contribution in [2.75, 3.05) is 0 Å². The predicted molar refractivity (Wildman–Crippen MR) is 68.0 cm³/mol. The Hall–Kier alpha value is -2.04. The molecule has 2 heterocycles. The van der Waals surface area contributed by atoms with Gasteiger partial charge in [-0.2, -0.15) is 5.10 Å². The third-order valence-electron chi connectivity index (χ3n) is 3.03. The highest BCUT2D eigenvalue weighted by Crippen LogP contribution is 2.26. The monoisotopic (exact) mass is 245 g/mol. The van der Waals surface area contributed by atoms with Gasteiger partial charge in [0, 0.05) is 12.6 Å². The zero-order valence-electron chi connectivity index (χ0n) is 11.2. The first-order valence-corrected chi connectivity index (χ1v) is 5.70. The van der Waals surface area contributed by atoms with Crippen molar-refractivity contribution >= 4 is 22.6 Å². The maximum absolute atomic E-state index is 11.9. The van der Waals surface area contributed by atoms with Gasteiger partial charge in [-0.25, -0.2) is 4.98 Å². The van der Waals surface area contributed by atoms with Crippen molar-refractivity contribution in [1.29, 1.82) is 0 Å². The molecule has 2 aromatic heterocycles. The predicted octanol–water partition coefficient (Wildman–Crippen LogP) is 1.99. The smallest absolute Gasteiger partial charge is 0.162 e. The Bertz CT molecular complexity index is 683. The number of Topliss-reactive ketones (excluding diaryl/α,β-unsaturated/α-hetero) is 2. The fourth-order valence-electron chi connectivity index (χ4n) is 2.37. The van der Waals surface area contributed by atoms with Crippen LogP contribution in [0.25, 0.3) is 11.0 Å². The van der Waals surface area contributed by atoms with Crippen molar-refractivity contribution in [3.63, 3.8) is 0 Å². The normalized spacial score (nSPS) is 10.9. The van der Waals surface area contributed by atoms with Gasteiger partial charge in [-0.1, -0.05) is 0 Å². The zero-order chi connectivity index (χ0) is 13.6. The van der Waals surface area contributed by atoms with E-state index < -0.39 is 0 Å². The third kappa shape index (κ3) is 1.63. The number of hydrogen-bond acceptors (Lipinski definition) is 4. The second-order valence-electron chi connectivity index (χ2n) is 4.47. The van der Waals surface area contributed by atoms with Crippen LogP contribution in [0.2, 0.25) is 0 Å². The van der Waals surface area contributed by atoms with E-state index in [4.69, 9.17) is 0 Å². The van der Waals surface area contributed by atoms with Crippen molar-refractivity contribution in [2.45, 2.75) is 27.7 Å². The Kier molecular flexibility index (Phi) is 2.77. The molecule has 0 radical (unpaired) electrons. The number of fused-ring (bicyclic) bond motifs is 1. The van der Waals surface area contributed by atoms with Gasteiger partial charge in [-0.05, 0) is 27.7 Å². The van der Waals surface area contributed by atoms with Gasteiger partial charge in [-0.15, -0.1) is 0 Å². The molecule has 0 amide bonds. The SMILES string of the molecule is CC(=O)c1c(C)nc2c(c(C)nn2C)c1C(C)=O. The minimum atomic E-state index is -0.143. The van der Waals surface area contributed by atoms with Gasteiger partial charge >= 0.3 is 0 Å². The van der Waals surface area contributed by atoms with Crippen LogP contribution in [-0.4, -0.2) is 26.3 Å². The number of aryl methyl sites for hydroxylation is 3. The summed E-state index contributed by atoms with van der Waals surface area (Å²) < 4.78 is 1.63. The number of pyridine rings is 1. The molecule has 0 N–H and O–H groups in total. The van der Waals surface area contributed by atoms with E-state index in [0.29, 0.717) is 33.5 Å². The number of hydrogen-bond donors (Lipinski definition) is 0. The lowest BCUT2D eigenvalue weighted by atomic mass is 9.96. The van der Waals surface area contributed by atoms with Crippen molar-refractivity contribution in [1.82, 2.24) is 14.8 Å². The average Bonchev–Trinajstić information content (AvgIpc) is 2.51. The van der Waals surface area contributed by atoms with E-state index in [0.717, 1.165) is 0 Å². The molecule has 18 heavy (non-hydrogen) atoms. The Morgan fingerprint density at radius 1 is 1.00 bits per heavy atom. The fraction of sp³-hybridized carbons (Fsp3) is 0.385. The van der Waals surface area contributed by atoms with Crippen LogP contribution in [0.4, 0.5) is 0 Å². The molecule has 0 aliphatic rings. The lowest BCUT2D eigenvalue weighted by molar-refractivity contribution is 0.0981. The van der Waals surface area contributed by atoms with Crippen molar-refractivity contribution in [3.8, 4) is 0 Å². The number of nitrogens with zero attached hydrogens (tertiary/aromatic N) is 3. The van der Waals surface area contributed by atoms with E-state index in [-0.39, 0.29) is 11.6 Å². The Morgan fingerprint density at radius 2 is 1.56 bits per heavy atom. The Balaban J connectivity index is 3.07. The summed E-state index contributed by atoms with van der Waals surface area (Å²) in [4.78, 5) is 28.0. The summed E-state index contributed by atoms with van der Waals surface area (Å²) in [5.41, 5.74) is 2.78. The number of ketones is 2. The summed E-state index contributed by atoms with van der Waals surface area (Å²) in [6.07, 6.45) is 0. The van der Waals surface area contributed by atoms with E-state index in [1.54, 1.807) is 18.7 Å². The van der Waals surface area contributed by atoms with Crippen molar-refractivity contribution in [3.05, 3.63) is 22.5 Å². The summed E-state index contributed by atoms with van der Waals surface area (Å²) in [5.74, 6) is -0.276. The lowest BCUT2D eigenvalue weighted by Gasteiger charge is -2.09. The Morgan fingerprint density at radius 3 is 2.06 bits per heavy atom. The molecule has 0 atom stereocenters. The van der Waals surface area contributed by atoms with Gasteiger partial charge in [-0.3, -0.25) is 14.3 Å². The molecule has 0 spiro atoms. The zero-order valence-corrected chi connectivity index (χ0v) is 11.2. The van der Waals surface area contributed by atoms with Crippen LogP contribution in [0.1, 0.15) is 46.0 Å². The Labute approximate surface area is 105 Å². The van der Waals surface area contributed by atoms with Crippen LogP contribution >= 0.6 is 0 Å². The summed E-state index contributed by atoms with van der Waals surface area (Å²) in [5, 5.41) is 4.95. The summed E-state index contributed by atoms with van der Waals surface area (Å²) >= 11 is 0. The molecule has 0 aliphatic heterocycles. The minimum absolute atomic E-state index is 0.133. The molecule has 2 aromatic rings. The van der Waals surface area contributed by atoms with Gasteiger partial charge in [0.15, 0.2) is 17.2 Å². The van der Waals surface area contributed by atoms with Crippen LogP contribution in [0, 0.1) is 13.8 Å². The van der Waals surface area contributed by atoms with Gasteiger partial charge in [0.05, 0.1) is 22.3 Å². The average molecular weight is 245 g/mol. The first kappa shape index (κ1) is 12.4. The molecule has 2 rings (SSSR count). The molecule has 94 valence electrons. The molecule has 0 saturated carbocycles. The first-order chi connectivity index (χ1) is 8.34. The second-order valence-corrected chi connectivity index (χ2v) is 4.47. The van der Waals surface area contributed by atoms with Crippen molar-refractivity contribution in [2.24, 2.45) is 7.05 Å². The molecule has 5 heteroatoms. The van der Waals surface area contributed by atoms with Crippen LogP contribution in [0.5, 0.6) is 0 Å². The van der Waals surface area contributed by atoms with Crippen LogP contribution < -0.4 is 0 Å². The van der Waals surface area contributed by atoms with Gasteiger partial charge < -0.3 is 0 Å². The quantitative estimate of drug-likeness (QED) is 0.759. The molecule has 0 unspecified atom stereocenters. The summed E-state index contributed by atoms with van der Waals surface area (Å²) in [7, 11) is 1.78. The number of aromatic nitrogens is 3. The maximum Gasteiger partial charge on any atom is 0.162 e. The third-order valence-corrected chi connectivity index (χ3v) is 3.03. The minimum Gasteiger partial charge on any atom is -0.294 e. The molecular formula is C13H15N3O2. The van der Waals surface area contributed by atoms with Gasteiger partial charge in [0.1, 0.15) is 0 Å². The van der Waals surface area contributed by atoms with Gasteiger partial charge in [0.25, 0.3) is 0 Å². The van der Waals surface area contributed by atoms with Crippen molar-refractivity contribution < 1.29 is 9.59 Å². The second kappa shape index (κ2) is 4.01. The molecule has 0 aromatic carbocycles. The molecule has 0 bridgehead atoms. The fourth-order valence-corrected chi connectivity index (χ4v) is 2.37. The van der Waals surface area contributed by atoms with Crippen LogP contribution in [0.15, 0.2) is 0 Å². The highest BCUT2D eigenvalue weighted by atomic mass is 16.1. The van der Waals surface area contributed by atoms with Crippen LogP contribution in [0.3, 0.4) is 0 Å². The highest BCUT2D eigenvalue weighted by Gasteiger charge is 2.22. The highest BCUT2D eigenvalue weighted by molar-refractivity contribution is 6.15. The molecule has 5 nitrogen and oxygen atoms in total. The number of rotatable bonds is 2. The molecular weight excluding hydrogens is 230 g/mol. The summed E-state index contributed by atoms with van der Waals surface area (Å²) in [6.45, 7) is 6.47. The van der Waals surface area contributed by atoms with Gasteiger partial charge in [0.2, 0.25) is 0 Å². The maximum atomic E-state index is 11.9. The number of carbonyl (C=O) groups excluding carboxylic acids is 2. The molecule has 0 fully saturated rings. The lowest BCUT2D eigenvalue weighted by Crippen LogP contribution is -2.10. The topological polar surface area (TPSA) is 64.8 Å². The van der Waals surface area contributed by atoms with E-state index >= 15 is 0 Å². The largest absolute Gasteiger partial charge is 0.294 e.